The quantitative estimate of drug-likeness (QED) is 0.480. The van der Waals surface area contributed by atoms with Gasteiger partial charge in [0, 0.05) is 23.1 Å². The lowest BCUT2D eigenvalue weighted by atomic mass is 10.0. The summed E-state index contributed by atoms with van der Waals surface area (Å²) in [4.78, 5) is 12.8. The third kappa shape index (κ3) is 4.80. The molecule has 180 valence electrons. The largest absolute Gasteiger partial charge is 0.456 e. The molecule has 1 aliphatic rings. The summed E-state index contributed by atoms with van der Waals surface area (Å²) >= 11 is 0. The van der Waals surface area contributed by atoms with Gasteiger partial charge >= 0.3 is 0 Å². The molecule has 1 heterocycles. The number of carbonyl (C=O) groups excluding carboxylic acids is 1. The van der Waals surface area contributed by atoms with Crippen LogP contribution in [0.2, 0.25) is 0 Å². The van der Waals surface area contributed by atoms with Crippen LogP contribution in [0.25, 0.3) is 21.9 Å². The number of nitrogens with one attached hydrogen (secondary N) is 2. The van der Waals surface area contributed by atoms with Gasteiger partial charge in [0.15, 0.2) is 9.84 Å². The number of nitriles is 1. The molecule has 0 unspecified atom stereocenters. The third-order valence-electron chi connectivity index (χ3n) is 5.80. The van der Waals surface area contributed by atoms with Crippen molar-refractivity contribution in [3.63, 3.8) is 0 Å². The van der Waals surface area contributed by atoms with E-state index in [2.05, 4.69) is 16.1 Å². The van der Waals surface area contributed by atoms with E-state index in [1.807, 2.05) is 13.8 Å². The monoisotopic (exact) mass is 503 g/mol. The van der Waals surface area contributed by atoms with Gasteiger partial charge in [-0.05, 0) is 55.5 Å². The Balaban J connectivity index is 1.67. The van der Waals surface area contributed by atoms with E-state index in [-0.39, 0.29) is 22.1 Å². The van der Waals surface area contributed by atoms with Crippen LogP contribution >= 0.6 is 0 Å². The molecule has 1 aliphatic carbocycles. The Kier molecular flexibility index (Phi) is 5.96. The highest BCUT2D eigenvalue weighted by atomic mass is 32.2. The van der Waals surface area contributed by atoms with Crippen molar-refractivity contribution in [2.75, 3.05) is 6.26 Å². The van der Waals surface area contributed by atoms with Crippen molar-refractivity contribution < 1.29 is 26.0 Å². The minimum absolute atomic E-state index is 0.0278. The van der Waals surface area contributed by atoms with Crippen molar-refractivity contribution in [2.24, 2.45) is 5.92 Å². The molecule has 11 heteroatoms. The first-order valence-corrected chi connectivity index (χ1v) is 14.1. The van der Waals surface area contributed by atoms with E-state index in [9.17, 15) is 26.9 Å². The van der Waals surface area contributed by atoms with Crippen molar-refractivity contribution in [1.82, 2.24) is 10.0 Å². The molecule has 3 aromatic rings. The van der Waals surface area contributed by atoms with Gasteiger partial charge in [0.1, 0.15) is 22.7 Å². The van der Waals surface area contributed by atoms with E-state index in [1.54, 1.807) is 6.07 Å². The average molecular weight is 504 g/mol. The minimum atomic E-state index is -4.09. The van der Waals surface area contributed by atoms with Crippen LogP contribution in [0.3, 0.4) is 0 Å². The molecule has 1 amide bonds. The van der Waals surface area contributed by atoms with Gasteiger partial charge < -0.3 is 9.73 Å². The fraction of sp³-hybridized carbons (Fsp3) is 0.391. The molecule has 4 rings (SSSR count). The number of benzene rings is 2. The van der Waals surface area contributed by atoms with E-state index < -0.39 is 37.3 Å². The Hall–Kier alpha value is -2.94. The molecule has 0 radical (unpaired) electrons. The zero-order valence-corrected chi connectivity index (χ0v) is 20.6. The molecule has 34 heavy (non-hydrogen) atoms. The molecule has 0 saturated heterocycles. The second-order valence-electron chi connectivity index (χ2n) is 9.18. The maximum atomic E-state index is 13.2. The smallest absolute Gasteiger partial charge is 0.241 e. The van der Waals surface area contributed by atoms with Crippen molar-refractivity contribution in [3.05, 3.63) is 36.4 Å². The number of nitrogens with zero attached hydrogens (tertiary/aromatic N) is 1. The van der Waals surface area contributed by atoms with Crippen LogP contribution in [0.1, 0.15) is 33.1 Å². The molecular weight excluding hydrogens is 478 g/mol. The molecule has 1 saturated carbocycles. The molecule has 1 aromatic heterocycles. The number of hydrogen-bond acceptors (Lipinski definition) is 7. The highest BCUT2D eigenvalue weighted by Crippen LogP contribution is 2.35. The van der Waals surface area contributed by atoms with Gasteiger partial charge in [-0.3, -0.25) is 4.79 Å². The predicted molar refractivity (Wildman–Crippen MR) is 126 cm³/mol. The first-order chi connectivity index (χ1) is 15.8. The SMILES string of the molecule is CC(C)C[C@H](NS(=O)(=O)c1ccc2oc3cc(S(C)(=O)=O)ccc3c2c1)C(=O)NC1(C#N)CC1. The Morgan fingerprint density at radius 2 is 1.74 bits per heavy atom. The first kappa shape index (κ1) is 24.2. The summed E-state index contributed by atoms with van der Waals surface area (Å²) in [5, 5.41) is 13.0. The van der Waals surface area contributed by atoms with Gasteiger partial charge in [0.25, 0.3) is 0 Å². The van der Waals surface area contributed by atoms with E-state index in [0.29, 0.717) is 34.8 Å². The number of sulfonamides is 1. The second-order valence-corrected chi connectivity index (χ2v) is 12.9. The molecule has 9 nitrogen and oxygen atoms in total. The van der Waals surface area contributed by atoms with Gasteiger partial charge in [0.2, 0.25) is 15.9 Å². The molecule has 1 atom stereocenters. The van der Waals surface area contributed by atoms with Crippen LogP contribution in [0.15, 0.2) is 50.6 Å². The molecule has 2 aromatic carbocycles. The third-order valence-corrected chi connectivity index (χ3v) is 8.38. The number of sulfone groups is 1. The van der Waals surface area contributed by atoms with E-state index in [4.69, 9.17) is 4.42 Å². The summed E-state index contributed by atoms with van der Waals surface area (Å²) in [5.41, 5.74) is -0.179. The highest BCUT2D eigenvalue weighted by molar-refractivity contribution is 7.90. The lowest BCUT2D eigenvalue weighted by Gasteiger charge is -2.21. The maximum Gasteiger partial charge on any atom is 0.241 e. The van der Waals surface area contributed by atoms with E-state index >= 15 is 0 Å². The molecule has 0 aliphatic heterocycles. The van der Waals surface area contributed by atoms with Crippen molar-refractivity contribution >= 4 is 47.7 Å². The topological polar surface area (TPSA) is 146 Å². The minimum Gasteiger partial charge on any atom is -0.456 e. The number of furan rings is 1. The zero-order chi connectivity index (χ0) is 24.9. The maximum absolute atomic E-state index is 13.2. The van der Waals surface area contributed by atoms with Crippen LogP contribution < -0.4 is 10.0 Å². The Labute approximate surface area is 198 Å². The first-order valence-electron chi connectivity index (χ1n) is 10.8. The summed E-state index contributed by atoms with van der Waals surface area (Å²) in [6, 6.07) is 9.76. The number of fused-ring (bicyclic) bond motifs is 3. The van der Waals surface area contributed by atoms with Crippen LogP contribution in [0.4, 0.5) is 0 Å². The zero-order valence-electron chi connectivity index (χ0n) is 19.0. The molecule has 1 fully saturated rings. The number of rotatable bonds is 8. The molecule has 2 N–H and O–H groups in total. The Morgan fingerprint density at radius 1 is 1.06 bits per heavy atom. The van der Waals surface area contributed by atoms with Crippen molar-refractivity contribution in [1.29, 1.82) is 5.26 Å². The lowest BCUT2D eigenvalue weighted by molar-refractivity contribution is -0.123. The molecule has 0 spiro atoms. The van der Waals surface area contributed by atoms with Gasteiger partial charge in [-0.1, -0.05) is 13.8 Å². The second kappa shape index (κ2) is 8.37. The summed E-state index contributed by atoms with van der Waals surface area (Å²) in [5.74, 6) is -0.500. The van der Waals surface area contributed by atoms with Crippen molar-refractivity contribution in [3.8, 4) is 6.07 Å². The van der Waals surface area contributed by atoms with Gasteiger partial charge in [-0.15, -0.1) is 0 Å². The van der Waals surface area contributed by atoms with Gasteiger partial charge in [-0.2, -0.15) is 9.98 Å². The summed E-state index contributed by atoms with van der Waals surface area (Å²) in [7, 11) is -7.52. The highest BCUT2D eigenvalue weighted by Gasteiger charge is 2.46. The molecular formula is C23H25N3O6S2. The summed E-state index contributed by atoms with van der Waals surface area (Å²) in [6.45, 7) is 3.75. The predicted octanol–water partition coefficient (Wildman–Crippen LogP) is 2.85. The number of amides is 1. The van der Waals surface area contributed by atoms with Crippen molar-refractivity contribution in [2.45, 2.75) is 54.5 Å². The fourth-order valence-corrected chi connectivity index (χ4v) is 5.65. The number of carbonyl (C=O) groups is 1. The van der Waals surface area contributed by atoms with Crippen LogP contribution in [0, 0.1) is 17.2 Å². The lowest BCUT2D eigenvalue weighted by Crippen LogP contribution is -2.50. The Morgan fingerprint density at radius 3 is 2.32 bits per heavy atom. The van der Waals surface area contributed by atoms with Gasteiger partial charge in [-0.25, -0.2) is 16.8 Å². The van der Waals surface area contributed by atoms with E-state index in [0.717, 1.165) is 6.26 Å². The van der Waals surface area contributed by atoms with Crippen LogP contribution in [0.5, 0.6) is 0 Å². The number of hydrogen-bond donors (Lipinski definition) is 2. The van der Waals surface area contributed by atoms with Crippen LogP contribution in [-0.4, -0.2) is 40.6 Å². The normalized spacial score (nSPS) is 16.4. The Bertz CT molecular complexity index is 1540. The van der Waals surface area contributed by atoms with E-state index in [1.165, 1.54) is 30.3 Å². The summed E-state index contributed by atoms with van der Waals surface area (Å²) in [6.07, 6.45) is 2.44. The average Bonchev–Trinajstić information content (AvgIpc) is 3.42. The molecule has 0 bridgehead atoms. The fourth-order valence-electron chi connectivity index (χ4n) is 3.78. The van der Waals surface area contributed by atoms with Crippen LogP contribution in [-0.2, 0) is 24.7 Å². The standard InChI is InChI=1S/C23H25N3O6S2/c1-14(2)10-19(22(27)25-23(13-24)8-9-23)26-34(30,31)16-5-7-20-18(11-16)17-6-4-15(33(3,28)29)12-21(17)32-20/h4-7,11-12,14,19,26H,8-10H2,1-3H3,(H,25,27)/t19-/m0/s1. The van der Waals surface area contributed by atoms with Gasteiger partial charge in [0.05, 0.1) is 15.9 Å². The summed E-state index contributed by atoms with van der Waals surface area (Å²) < 4.78 is 58.3.